The molecule has 1 heterocycles. The van der Waals surface area contributed by atoms with Crippen molar-refractivity contribution < 1.29 is 18.3 Å². The molecule has 0 fully saturated rings. The van der Waals surface area contributed by atoms with Gasteiger partial charge in [0, 0.05) is 38.2 Å². The zero-order valence-electron chi connectivity index (χ0n) is 18.3. The second-order valence-electron chi connectivity index (χ2n) is 7.52. The Balaban J connectivity index is 0.00000480. The number of benzene rings is 1. The fourth-order valence-electron chi connectivity index (χ4n) is 2.43. The Morgan fingerprint density at radius 1 is 1.16 bits per heavy atom. The summed E-state index contributed by atoms with van der Waals surface area (Å²) in [6, 6.07) is 5.99. The predicted molar refractivity (Wildman–Crippen MR) is 129 cm³/mol. The van der Waals surface area contributed by atoms with Crippen LogP contribution in [0.15, 0.2) is 39.9 Å². The van der Waals surface area contributed by atoms with E-state index < -0.39 is 11.7 Å². The van der Waals surface area contributed by atoms with Gasteiger partial charge in [-0.3, -0.25) is 4.99 Å². The number of nitrogens with one attached hydrogen (secondary N) is 3. The molecule has 1 aromatic carbocycles. The minimum atomic E-state index is -0.522. The van der Waals surface area contributed by atoms with E-state index >= 15 is 0 Å². The summed E-state index contributed by atoms with van der Waals surface area (Å²) in [5, 5.41) is 8.99. The fraction of sp³-hybridized carbons (Fsp3) is 0.476. The molecule has 31 heavy (non-hydrogen) atoms. The van der Waals surface area contributed by atoms with E-state index in [0.717, 1.165) is 11.3 Å². The van der Waals surface area contributed by atoms with Crippen LogP contribution in [0.1, 0.15) is 33.4 Å². The summed E-state index contributed by atoms with van der Waals surface area (Å²) >= 11 is 0. The largest absolute Gasteiger partial charge is 0.444 e. The average Bonchev–Trinajstić information content (AvgIpc) is 3.13. The first kappa shape index (κ1) is 26.7. The van der Waals surface area contributed by atoms with E-state index in [1.165, 1.54) is 12.1 Å². The standard InChI is InChI=1S/C21H30FN5O3.HI/c1-5-23-19(25-12-13-26-20(28)30-21(2,3)4)24-11-10-17-14-29-18(27-17)15-6-8-16(22)9-7-15;/h6-9,14H,5,10-13H2,1-4H3,(H,26,28)(H2,23,24,25);1H. The summed E-state index contributed by atoms with van der Waals surface area (Å²) in [6.07, 6.45) is 1.73. The minimum absolute atomic E-state index is 0. The molecule has 3 N–H and O–H groups in total. The van der Waals surface area contributed by atoms with Crippen molar-refractivity contribution in [2.24, 2.45) is 4.99 Å². The lowest BCUT2D eigenvalue weighted by atomic mass is 10.2. The van der Waals surface area contributed by atoms with Crippen molar-refractivity contribution in [2.75, 3.05) is 26.2 Å². The average molecular weight is 547 g/mol. The van der Waals surface area contributed by atoms with Crippen molar-refractivity contribution >= 4 is 36.0 Å². The maximum absolute atomic E-state index is 13.0. The molecule has 0 aliphatic rings. The summed E-state index contributed by atoms with van der Waals surface area (Å²) < 4.78 is 23.7. The number of aliphatic imine (C=N–C) groups is 1. The van der Waals surface area contributed by atoms with E-state index in [4.69, 9.17) is 9.15 Å². The zero-order chi connectivity index (χ0) is 22.0. The first-order valence-electron chi connectivity index (χ1n) is 9.96. The topological polar surface area (TPSA) is 101 Å². The summed E-state index contributed by atoms with van der Waals surface area (Å²) in [6.45, 7) is 9.55. The van der Waals surface area contributed by atoms with Gasteiger partial charge in [-0.25, -0.2) is 14.2 Å². The summed E-state index contributed by atoms with van der Waals surface area (Å²) in [4.78, 5) is 20.6. The van der Waals surface area contributed by atoms with Crippen LogP contribution in [-0.2, 0) is 11.2 Å². The van der Waals surface area contributed by atoms with Gasteiger partial charge in [0.15, 0.2) is 5.96 Å². The van der Waals surface area contributed by atoms with E-state index in [9.17, 15) is 9.18 Å². The van der Waals surface area contributed by atoms with Crippen LogP contribution < -0.4 is 16.0 Å². The minimum Gasteiger partial charge on any atom is -0.444 e. The Morgan fingerprint density at radius 3 is 2.48 bits per heavy atom. The highest BCUT2D eigenvalue weighted by atomic mass is 127. The lowest BCUT2D eigenvalue weighted by Crippen LogP contribution is -2.42. The third-order valence-electron chi connectivity index (χ3n) is 3.71. The number of halogens is 2. The van der Waals surface area contributed by atoms with E-state index in [2.05, 4.69) is 25.9 Å². The summed E-state index contributed by atoms with van der Waals surface area (Å²) in [5.41, 5.74) is 0.963. The molecule has 0 unspecified atom stereocenters. The van der Waals surface area contributed by atoms with Crippen molar-refractivity contribution in [1.82, 2.24) is 20.9 Å². The molecular weight excluding hydrogens is 516 g/mol. The maximum atomic E-state index is 13.0. The van der Waals surface area contributed by atoms with Crippen LogP contribution in [0, 0.1) is 5.82 Å². The molecule has 1 aromatic heterocycles. The molecule has 0 atom stereocenters. The highest BCUT2D eigenvalue weighted by molar-refractivity contribution is 14.0. The Labute approximate surface area is 199 Å². The molecule has 8 nitrogen and oxygen atoms in total. The van der Waals surface area contributed by atoms with Crippen molar-refractivity contribution in [2.45, 2.75) is 39.7 Å². The van der Waals surface area contributed by atoms with Gasteiger partial charge in [0.2, 0.25) is 5.89 Å². The van der Waals surface area contributed by atoms with E-state index in [1.807, 2.05) is 27.7 Å². The zero-order valence-corrected chi connectivity index (χ0v) is 20.7. The van der Waals surface area contributed by atoms with Crippen LogP contribution in [0.5, 0.6) is 0 Å². The van der Waals surface area contributed by atoms with Gasteiger partial charge in [-0.1, -0.05) is 0 Å². The molecule has 2 rings (SSSR count). The maximum Gasteiger partial charge on any atom is 0.407 e. The Bertz CT molecular complexity index is 834. The van der Waals surface area contributed by atoms with Gasteiger partial charge in [-0.2, -0.15) is 0 Å². The molecule has 10 heteroatoms. The number of alkyl carbamates (subject to hydrolysis) is 1. The van der Waals surface area contributed by atoms with Crippen LogP contribution >= 0.6 is 24.0 Å². The molecule has 0 spiro atoms. The molecule has 0 bridgehead atoms. The van der Waals surface area contributed by atoms with Crippen LogP contribution in [0.25, 0.3) is 11.5 Å². The number of rotatable bonds is 8. The Kier molecular flexibility index (Phi) is 11.3. The monoisotopic (exact) mass is 547 g/mol. The normalized spacial score (nSPS) is 11.5. The molecule has 0 aliphatic carbocycles. The SMILES string of the molecule is CCNC(=NCCc1coc(-c2ccc(F)cc2)n1)NCCNC(=O)OC(C)(C)C.I. The quantitative estimate of drug-likeness (QED) is 0.202. The first-order chi connectivity index (χ1) is 14.3. The van der Waals surface area contributed by atoms with E-state index in [0.29, 0.717) is 44.5 Å². The van der Waals surface area contributed by atoms with Crippen molar-refractivity contribution in [3.05, 3.63) is 42.0 Å². The molecule has 0 aliphatic heterocycles. The number of carbonyl (C=O) groups is 1. The van der Waals surface area contributed by atoms with Crippen molar-refractivity contribution in [3.63, 3.8) is 0 Å². The molecule has 0 radical (unpaired) electrons. The first-order valence-corrected chi connectivity index (χ1v) is 9.96. The Hall–Kier alpha value is -2.37. The molecule has 0 saturated heterocycles. The van der Waals surface area contributed by atoms with Gasteiger partial charge in [0.25, 0.3) is 0 Å². The number of oxazole rings is 1. The number of aromatic nitrogens is 1. The lowest BCUT2D eigenvalue weighted by Gasteiger charge is -2.19. The fourth-order valence-corrected chi connectivity index (χ4v) is 2.43. The third-order valence-corrected chi connectivity index (χ3v) is 3.71. The van der Waals surface area contributed by atoms with Crippen LogP contribution in [0.3, 0.4) is 0 Å². The van der Waals surface area contributed by atoms with Crippen molar-refractivity contribution in [3.8, 4) is 11.5 Å². The molecular formula is C21H31FIN5O3. The third kappa shape index (κ3) is 10.5. The van der Waals surface area contributed by atoms with Gasteiger partial charge >= 0.3 is 6.09 Å². The van der Waals surface area contributed by atoms with Crippen molar-refractivity contribution in [1.29, 1.82) is 0 Å². The van der Waals surface area contributed by atoms with Gasteiger partial charge in [-0.15, -0.1) is 24.0 Å². The number of amides is 1. The van der Waals surface area contributed by atoms with Gasteiger partial charge in [0.05, 0.1) is 5.69 Å². The van der Waals surface area contributed by atoms with E-state index in [-0.39, 0.29) is 29.8 Å². The lowest BCUT2D eigenvalue weighted by molar-refractivity contribution is 0.0529. The number of carbonyl (C=O) groups excluding carboxylic acids is 1. The number of nitrogens with zero attached hydrogens (tertiary/aromatic N) is 2. The smallest absolute Gasteiger partial charge is 0.407 e. The predicted octanol–water partition coefficient (Wildman–Crippen LogP) is 3.72. The number of ether oxygens (including phenoxy) is 1. The van der Waals surface area contributed by atoms with E-state index in [1.54, 1.807) is 18.4 Å². The second kappa shape index (κ2) is 13.1. The summed E-state index contributed by atoms with van der Waals surface area (Å²) in [5.74, 6) is 0.794. The van der Waals surface area contributed by atoms with Gasteiger partial charge in [0.1, 0.15) is 17.7 Å². The van der Waals surface area contributed by atoms with Crippen LogP contribution in [0.4, 0.5) is 9.18 Å². The van der Waals surface area contributed by atoms with Crippen LogP contribution in [-0.4, -0.2) is 48.8 Å². The molecule has 1 amide bonds. The highest BCUT2D eigenvalue weighted by Gasteiger charge is 2.15. The number of hydrogen-bond acceptors (Lipinski definition) is 5. The second-order valence-corrected chi connectivity index (χ2v) is 7.52. The molecule has 0 saturated carbocycles. The molecule has 172 valence electrons. The Morgan fingerprint density at radius 2 is 1.84 bits per heavy atom. The molecule has 2 aromatic rings. The number of hydrogen-bond donors (Lipinski definition) is 3. The summed E-state index contributed by atoms with van der Waals surface area (Å²) in [7, 11) is 0. The van der Waals surface area contributed by atoms with Crippen LogP contribution in [0.2, 0.25) is 0 Å². The van der Waals surface area contributed by atoms with Gasteiger partial charge in [-0.05, 0) is 52.0 Å². The number of guanidine groups is 1. The van der Waals surface area contributed by atoms with Gasteiger partial charge < -0.3 is 25.1 Å². The highest BCUT2D eigenvalue weighted by Crippen LogP contribution is 2.19.